The maximum absolute atomic E-state index is 11.3. The largest absolute Gasteiger partial charge is 0.324 e. The minimum atomic E-state index is -0.492. The topological polar surface area (TPSA) is 55.1 Å². The molecule has 14 heavy (non-hydrogen) atoms. The monoisotopic (exact) mass is 256 g/mol. The fraction of sp³-hybridized carbons (Fsp3) is 0.300. The molecule has 76 valence electrons. The molecule has 0 aliphatic rings. The van der Waals surface area contributed by atoms with Gasteiger partial charge < -0.3 is 11.1 Å². The second kappa shape index (κ2) is 4.57. The number of hydrogen-bond acceptors (Lipinski definition) is 2. The first-order valence-electron chi connectivity index (χ1n) is 4.34. The lowest BCUT2D eigenvalue weighted by atomic mass is 10.2. The summed E-state index contributed by atoms with van der Waals surface area (Å²) >= 11 is 3.39. The van der Waals surface area contributed by atoms with E-state index >= 15 is 0 Å². The van der Waals surface area contributed by atoms with Crippen LogP contribution in [0.5, 0.6) is 0 Å². The molecule has 1 rings (SSSR count). The molecule has 0 spiro atoms. The number of anilines is 1. The molecule has 0 aromatic heterocycles. The predicted octanol–water partition coefficient (Wildman–Crippen LogP) is 2.04. The Labute approximate surface area is 91.8 Å². The summed E-state index contributed by atoms with van der Waals surface area (Å²) in [6, 6.07) is 5.15. The van der Waals surface area contributed by atoms with Crippen molar-refractivity contribution in [2.45, 2.75) is 19.9 Å². The molecule has 1 amide bonds. The molecule has 1 aromatic carbocycles. The summed E-state index contributed by atoms with van der Waals surface area (Å²) in [5, 5.41) is 2.76. The van der Waals surface area contributed by atoms with Gasteiger partial charge in [0.2, 0.25) is 5.91 Å². The van der Waals surface area contributed by atoms with Crippen molar-refractivity contribution in [3.05, 3.63) is 28.2 Å². The SMILES string of the molecule is Cc1c(Br)cccc1NC(=O)C(C)N. The van der Waals surface area contributed by atoms with Gasteiger partial charge in [0.1, 0.15) is 0 Å². The fourth-order valence-corrected chi connectivity index (χ4v) is 1.36. The highest BCUT2D eigenvalue weighted by molar-refractivity contribution is 9.10. The molecule has 3 nitrogen and oxygen atoms in total. The smallest absolute Gasteiger partial charge is 0.241 e. The van der Waals surface area contributed by atoms with E-state index in [1.54, 1.807) is 6.92 Å². The molecule has 0 aliphatic carbocycles. The van der Waals surface area contributed by atoms with E-state index in [0.717, 1.165) is 15.7 Å². The minimum absolute atomic E-state index is 0.175. The molecule has 0 aliphatic heterocycles. The van der Waals surface area contributed by atoms with Crippen LogP contribution in [-0.2, 0) is 4.79 Å². The van der Waals surface area contributed by atoms with Gasteiger partial charge in [-0.3, -0.25) is 4.79 Å². The van der Waals surface area contributed by atoms with Gasteiger partial charge in [0.05, 0.1) is 6.04 Å². The van der Waals surface area contributed by atoms with Crippen LogP contribution in [0.1, 0.15) is 12.5 Å². The van der Waals surface area contributed by atoms with Crippen LogP contribution in [0.25, 0.3) is 0 Å². The number of rotatable bonds is 2. The Morgan fingerprint density at radius 3 is 2.79 bits per heavy atom. The van der Waals surface area contributed by atoms with Gasteiger partial charge in [-0.05, 0) is 31.5 Å². The van der Waals surface area contributed by atoms with Crippen molar-refractivity contribution in [2.75, 3.05) is 5.32 Å². The Bertz CT molecular complexity index is 350. The van der Waals surface area contributed by atoms with Crippen molar-refractivity contribution in [1.29, 1.82) is 0 Å². The van der Waals surface area contributed by atoms with Gasteiger partial charge in [-0.15, -0.1) is 0 Å². The number of nitrogens with one attached hydrogen (secondary N) is 1. The molecule has 0 fully saturated rings. The second-order valence-electron chi connectivity index (χ2n) is 3.19. The lowest BCUT2D eigenvalue weighted by Gasteiger charge is -2.11. The van der Waals surface area contributed by atoms with Crippen LogP contribution in [0.15, 0.2) is 22.7 Å². The van der Waals surface area contributed by atoms with E-state index < -0.39 is 6.04 Å². The van der Waals surface area contributed by atoms with Gasteiger partial charge in [0.15, 0.2) is 0 Å². The summed E-state index contributed by atoms with van der Waals surface area (Å²) in [5.74, 6) is -0.175. The molecule has 1 atom stereocenters. The summed E-state index contributed by atoms with van der Waals surface area (Å²) in [6.45, 7) is 3.59. The van der Waals surface area contributed by atoms with Gasteiger partial charge in [-0.2, -0.15) is 0 Å². The Kier molecular flexibility index (Phi) is 3.66. The number of hydrogen-bond donors (Lipinski definition) is 2. The molecule has 4 heteroatoms. The maximum Gasteiger partial charge on any atom is 0.241 e. The van der Waals surface area contributed by atoms with E-state index in [-0.39, 0.29) is 5.91 Å². The number of carbonyl (C=O) groups excluding carboxylic acids is 1. The zero-order chi connectivity index (χ0) is 10.7. The summed E-state index contributed by atoms with van der Waals surface area (Å²) in [4.78, 5) is 11.3. The van der Waals surface area contributed by atoms with Gasteiger partial charge in [0.25, 0.3) is 0 Å². The van der Waals surface area contributed by atoms with Crippen molar-refractivity contribution < 1.29 is 4.79 Å². The summed E-state index contributed by atoms with van der Waals surface area (Å²) in [6.07, 6.45) is 0. The predicted molar refractivity (Wildman–Crippen MR) is 61.2 cm³/mol. The average Bonchev–Trinajstić information content (AvgIpc) is 2.12. The van der Waals surface area contributed by atoms with Crippen LogP contribution in [0.3, 0.4) is 0 Å². The van der Waals surface area contributed by atoms with E-state index in [2.05, 4.69) is 21.2 Å². The summed E-state index contributed by atoms with van der Waals surface area (Å²) in [7, 11) is 0. The number of nitrogens with two attached hydrogens (primary N) is 1. The van der Waals surface area contributed by atoms with Crippen LogP contribution >= 0.6 is 15.9 Å². The van der Waals surface area contributed by atoms with E-state index in [1.165, 1.54) is 0 Å². The first kappa shape index (κ1) is 11.2. The molecule has 0 bridgehead atoms. The second-order valence-corrected chi connectivity index (χ2v) is 4.04. The Morgan fingerprint density at radius 1 is 1.57 bits per heavy atom. The van der Waals surface area contributed by atoms with Crippen LogP contribution < -0.4 is 11.1 Å². The minimum Gasteiger partial charge on any atom is -0.324 e. The summed E-state index contributed by atoms with van der Waals surface area (Å²) in [5.41, 5.74) is 7.24. The van der Waals surface area contributed by atoms with Crippen LogP contribution in [0.4, 0.5) is 5.69 Å². The number of benzene rings is 1. The lowest BCUT2D eigenvalue weighted by molar-refractivity contribution is -0.117. The molecule has 1 unspecified atom stereocenters. The molecule has 3 N–H and O–H groups in total. The Morgan fingerprint density at radius 2 is 2.21 bits per heavy atom. The van der Waals surface area contributed by atoms with Gasteiger partial charge in [-0.25, -0.2) is 0 Å². The van der Waals surface area contributed by atoms with Crippen molar-refractivity contribution in [2.24, 2.45) is 5.73 Å². The molecular weight excluding hydrogens is 244 g/mol. The van der Waals surface area contributed by atoms with E-state index in [9.17, 15) is 4.79 Å². The van der Waals surface area contributed by atoms with Gasteiger partial charge in [-0.1, -0.05) is 22.0 Å². The third-order valence-electron chi connectivity index (χ3n) is 1.94. The number of amides is 1. The molecule has 0 saturated carbocycles. The van der Waals surface area contributed by atoms with Crippen molar-refractivity contribution in [3.8, 4) is 0 Å². The fourth-order valence-electron chi connectivity index (χ4n) is 0.989. The van der Waals surface area contributed by atoms with Crippen LogP contribution in [0.2, 0.25) is 0 Å². The zero-order valence-corrected chi connectivity index (χ0v) is 9.76. The quantitative estimate of drug-likeness (QED) is 0.851. The van der Waals surface area contributed by atoms with Gasteiger partial charge >= 0.3 is 0 Å². The molecule has 0 radical (unpaired) electrons. The van der Waals surface area contributed by atoms with Crippen LogP contribution in [-0.4, -0.2) is 11.9 Å². The maximum atomic E-state index is 11.3. The number of carbonyl (C=O) groups is 1. The van der Waals surface area contributed by atoms with E-state index in [4.69, 9.17) is 5.73 Å². The number of halogens is 1. The normalized spacial score (nSPS) is 12.3. The molecule has 1 aromatic rings. The average molecular weight is 257 g/mol. The third-order valence-corrected chi connectivity index (χ3v) is 2.80. The van der Waals surface area contributed by atoms with Crippen molar-refractivity contribution in [1.82, 2.24) is 0 Å². The third kappa shape index (κ3) is 2.56. The summed E-state index contributed by atoms with van der Waals surface area (Å²) < 4.78 is 0.972. The zero-order valence-electron chi connectivity index (χ0n) is 8.17. The van der Waals surface area contributed by atoms with Crippen molar-refractivity contribution in [3.63, 3.8) is 0 Å². The highest BCUT2D eigenvalue weighted by Crippen LogP contribution is 2.23. The Hall–Kier alpha value is -0.870. The van der Waals surface area contributed by atoms with E-state index in [0.29, 0.717) is 0 Å². The highest BCUT2D eigenvalue weighted by Gasteiger charge is 2.09. The Balaban J connectivity index is 2.87. The first-order valence-corrected chi connectivity index (χ1v) is 5.13. The first-order chi connectivity index (χ1) is 6.52. The van der Waals surface area contributed by atoms with Crippen LogP contribution in [0, 0.1) is 6.92 Å². The standard InChI is InChI=1S/C10H13BrN2O/c1-6-8(11)4-3-5-9(6)13-10(14)7(2)12/h3-5,7H,12H2,1-2H3,(H,13,14). The molecular formula is C10H13BrN2O. The highest BCUT2D eigenvalue weighted by atomic mass is 79.9. The molecule has 0 saturated heterocycles. The molecule has 0 heterocycles. The lowest BCUT2D eigenvalue weighted by Crippen LogP contribution is -2.32. The van der Waals surface area contributed by atoms with Crippen molar-refractivity contribution >= 4 is 27.5 Å². The van der Waals surface area contributed by atoms with Gasteiger partial charge in [0, 0.05) is 10.2 Å². The van der Waals surface area contributed by atoms with E-state index in [1.807, 2.05) is 25.1 Å².